The Morgan fingerprint density at radius 2 is 2.00 bits per heavy atom. The molecule has 0 saturated carbocycles. The molecular weight excluding hydrogens is 344 g/mol. The molecule has 0 spiro atoms. The molecule has 136 valence electrons. The van der Waals surface area contributed by atoms with E-state index in [1.165, 1.54) is 12.7 Å². The summed E-state index contributed by atoms with van der Waals surface area (Å²) in [5.41, 5.74) is 2.24. The summed E-state index contributed by atoms with van der Waals surface area (Å²) >= 11 is 0. The molecule has 1 aliphatic heterocycles. The monoisotopic (exact) mass is 366 g/mol. The number of rotatable bonds is 4. The number of benzene rings is 1. The van der Waals surface area contributed by atoms with Gasteiger partial charge >= 0.3 is 5.97 Å². The first-order valence-electron chi connectivity index (χ1n) is 8.41. The van der Waals surface area contributed by atoms with E-state index in [2.05, 4.69) is 10.1 Å². The van der Waals surface area contributed by atoms with Crippen LogP contribution >= 0.6 is 0 Å². The van der Waals surface area contributed by atoms with Crippen molar-refractivity contribution in [2.75, 3.05) is 20.2 Å². The van der Waals surface area contributed by atoms with E-state index in [0.717, 1.165) is 35.6 Å². The lowest BCUT2D eigenvalue weighted by Gasteiger charge is -2.33. The predicted molar refractivity (Wildman–Crippen MR) is 90.4 cm³/mol. The maximum absolute atomic E-state index is 13.1. The van der Waals surface area contributed by atoms with E-state index < -0.39 is 27.9 Å². The first-order chi connectivity index (χ1) is 11.9. The zero-order valence-corrected chi connectivity index (χ0v) is 15.0. The SMILES string of the molecule is COC(=O)C[C@@H]1C(=O)NCCN1S(=O)(=O)c1ccc2c(c1)CCCC2. The van der Waals surface area contributed by atoms with Crippen LogP contribution in [0.1, 0.15) is 30.4 Å². The van der Waals surface area contributed by atoms with Crippen molar-refractivity contribution in [3.8, 4) is 0 Å². The Balaban J connectivity index is 1.93. The Labute approximate surface area is 147 Å². The van der Waals surface area contributed by atoms with Gasteiger partial charge in [-0.1, -0.05) is 6.07 Å². The Morgan fingerprint density at radius 3 is 2.72 bits per heavy atom. The number of hydrogen-bond donors (Lipinski definition) is 1. The van der Waals surface area contributed by atoms with Gasteiger partial charge in [-0.05, 0) is 48.9 Å². The number of piperazine rings is 1. The molecule has 1 aliphatic carbocycles. The number of ether oxygens (including phenoxy) is 1. The molecule has 8 heteroatoms. The Bertz CT molecular complexity index is 790. The van der Waals surface area contributed by atoms with Gasteiger partial charge in [-0.3, -0.25) is 9.59 Å². The topological polar surface area (TPSA) is 92.8 Å². The fourth-order valence-electron chi connectivity index (χ4n) is 3.42. The van der Waals surface area contributed by atoms with Gasteiger partial charge in [0.2, 0.25) is 15.9 Å². The van der Waals surface area contributed by atoms with Crippen LogP contribution in [0, 0.1) is 0 Å². The lowest BCUT2D eigenvalue weighted by Crippen LogP contribution is -2.57. The first kappa shape index (κ1) is 17.9. The van der Waals surface area contributed by atoms with Crippen LogP contribution in [0.4, 0.5) is 0 Å². The quantitative estimate of drug-likeness (QED) is 0.789. The fourth-order valence-corrected chi connectivity index (χ4v) is 5.06. The summed E-state index contributed by atoms with van der Waals surface area (Å²) in [6.07, 6.45) is 3.70. The van der Waals surface area contributed by atoms with Crippen LogP contribution in [-0.2, 0) is 37.2 Å². The van der Waals surface area contributed by atoms with E-state index >= 15 is 0 Å². The van der Waals surface area contributed by atoms with E-state index in [9.17, 15) is 18.0 Å². The number of esters is 1. The highest BCUT2D eigenvalue weighted by Crippen LogP contribution is 2.27. The molecule has 3 rings (SSSR count). The van der Waals surface area contributed by atoms with E-state index in [4.69, 9.17) is 0 Å². The van der Waals surface area contributed by atoms with Crippen molar-refractivity contribution >= 4 is 21.9 Å². The second kappa shape index (κ2) is 7.13. The number of hydrogen-bond acceptors (Lipinski definition) is 5. The molecule has 25 heavy (non-hydrogen) atoms. The van der Waals surface area contributed by atoms with E-state index in [1.807, 2.05) is 6.07 Å². The maximum Gasteiger partial charge on any atom is 0.307 e. The van der Waals surface area contributed by atoms with Gasteiger partial charge in [-0.2, -0.15) is 4.31 Å². The van der Waals surface area contributed by atoms with Gasteiger partial charge in [-0.25, -0.2) is 8.42 Å². The summed E-state index contributed by atoms with van der Waals surface area (Å²) in [5, 5.41) is 2.61. The van der Waals surface area contributed by atoms with Crippen LogP contribution in [0.25, 0.3) is 0 Å². The van der Waals surface area contributed by atoms with E-state index in [1.54, 1.807) is 12.1 Å². The van der Waals surface area contributed by atoms with Crippen molar-refractivity contribution in [1.82, 2.24) is 9.62 Å². The molecule has 1 saturated heterocycles. The van der Waals surface area contributed by atoms with Gasteiger partial charge < -0.3 is 10.1 Å². The van der Waals surface area contributed by atoms with Crippen molar-refractivity contribution in [2.45, 2.75) is 43.0 Å². The predicted octanol–water partition coefficient (Wildman–Crippen LogP) is 0.618. The van der Waals surface area contributed by atoms with Gasteiger partial charge in [0.15, 0.2) is 0 Å². The zero-order chi connectivity index (χ0) is 18.0. The Hall–Kier alpha value is -1.93. The van der Waals surface area contributed by atoms with E-state index in [-0.39, 0.29) is 24.4 Å². The second-order valence-corrected chi connectivity index (χ2v) is 8.23. The largest absolute Gasteiger partial charge is 0.469 e. The maximum atomic E-state index is 13.1. The third-order valence-electron chi connectivity index (χ3n) is 4.80. The average molecular weight is 366 g/mol. The number of nitrogens with one attached hydrogen (secondary N) is 1. The number of fused-ring (bicyclic) bond motifs is 1. The lowest BCUT2D eigenvalue weighted by atomic mass is 9.92. The van der Waals surface area contributed by atoms with E-state index in [0.29, 0.717) is 0 Å². The minimum absolute atomic E-state index is 0.132. The van der Waals surface area contributed by atoms with Gasteiger partial charge in [0, 0.05) is 13.1 Å². The summed E-state index contributed by atoms with van der Waals surface area (Å²) in [5.74, 6) is -1.09. The highest BCUT2D eigenvalue weighted by atomic mass is 32.2. The van der Waals surface area contributed by atoms with Crippen LogP contribution in [-0.4, -0.2) is 50.8 Å². The highest BCUT2D eigenvalue weighted by Gasteiger charge is 2.40. The lowest BCUT2D eigenvalue weighted by molar-refractivity contribution is -0.144. The summed E-state index contributed by atoms with van der Waals surface area (Å²) in [4.78, 5) is 23.9. The molecule has 1 amide bonds. The third kappa shape index (κ3) is 3.55. The Kier molecular flexibility index (Phi) is 5.10. The standard InChI is InChI=1S/C17H22N2O5S/c1-24-16(20)11-15-17(21)18-8-9-19(15)25(22,23)14-7-6-12-4-2-3-5-13(12)10-14/h6-7,10,15H,2-5,8-9,11H2,1H3,(H,18,21)/t15-/m1/s1. The minimum atomic E-state index is -3.87. The van der Waals surface area contributed by atoms with Gasteiger partial charge in [0.05, 0.1) is 18.4 Å². The van der Waals surface area contributed by atoms with Gasteiger partial charge in [0.1, 0.15) is 6.04 Å². The van der Waals surface area contributed by atoms with Crippen LogP contribution in [0.5, 0.6) is 0 Å². The number of methoxy groups -OCH3 is 1. The summed E-state index contributed by atoms with van der Waals surface area (Å²) < 4.78 is 31.9. The average Bonchev–Trinajstić information content (AvgIpc) is 2.62. The molecule has 0 radical (unpaired) electrons. The molecule has 1 aromatic rings. The van der Waals surface area contributed by atoms with Crippen LogP contribution in [0.2, 0.25) is 0 Å². The molecule has 1 atom stereocenters. The smallest absolute Gasteiger partial charge is 0.307 e. The number of amides is 1. The number of sulfonamides is 1. The molecule has 0 aromatic heterocycles. The Morgan fingerprint density at radius 1 is 1.28 bits per heavy atom. The number of carbonyl (C=O) groups is 2. The van der Waals surface area contributed by atoms with Crippen molar-refractivity contribution in [3.05, 3.63) is 29.3 Å². The molecule has 2 aliphatic rings. The number of carbonyl (C=O) groups excluding carboxylic acids is 2. The van der Waals surface area contributed by atoms with Crippen LogP contribution < -0.4 is 5.32 Å². The molecule has 1 N–H and O–H groups in total. The van der Waals surface area contributed by atoms with Crippen LogP contribution in [0.3, 0.4) is 0 Å². The molecule has 1 heterocycles. The molecule has 1 aromatic carbocycles. The number of aryl methyl sites for hydroxylation is 2. The van der Waals surface area contributed by atoms with Crippen molar-refractivity contribution in [3.63, 3.8) is 0 Å². The summed E-state index contributed by atoms with van der Waals surface area (Å²) in [6, 6.07) is 4.09. The molecule has 1 fully saturated rings. The summed E-state index contributed by atoms with van der Waals surface area (Å²) in [7, 11) is -2.65. The zero-order valence-electron chi connectivity index (χ0n) is 14.2. The van der Waals surface area contributed by atoms with Crippen molar-refractivity contribution in [1.29, 1.82) is 0 Å². The first-order valence-corrected chi connectivity index (χ1v) is 9.85. The highest BCUT2D eigenvalue weighted by molar-refractivity contribution is 7.89. The van der Waals surface area contributed by atoms with Crippen molar-refractivity contribution < 1.29 is 22.7 Å². The molecular formula is C17H22N2O5S. The third-order valence-corrected chi connectivity index (χ3v) is 6.70. The molecule has 0 unspecified atom stereocenters. The van der Waals surface area contributed by atoms with Crippen molar-refractivity contribution in [2.24, 2.45) is 0 Å². The number of nitrogens with zero attached hydrogens (tertiary/aromatic N) is 1. The minimum Gasteiger partial charge on any atom is -0.469 e. The normalized spacial score (nSPS) is 21.3. The second-order valence-electron chi connectivity index (χ2n) is 6.34. The molecule has 0 bridgehead atoms. The van der Waals surface area contributed by atoms with Gasteiger partial charge in [-0.15, -0.1) is 0 Å². The van der Waals surface area contributed by atoms with Gasteiger partial charge in [0.25, 0.3) is 0 Å². The summed E-state index contributed by atoms with van der Waals surface area (Å²) in [6.45, 7) is 0.355. The van der Waals surface area contributed by atoms with Crippen LogP contribution in [0.15, 0.2) is 23.1 Å². The molecule has 7 nitrogen and oxygen atoms in total. The fraction of sp³-hybridized carbons (Fsp3) is 0.529.